The van der Waals surface area contributed by atoms with Crippen molar-refractivity contribution in [3.05, 3.63) is 38.8 Å². The third kappa shape index (κ3) is 2.88. The molecule has 0 aliphatic carbocycles. The summed E-state index contributed by atoms with van der Waals surface area (Å²) in [6.07, 6.45) is 0.830. The summed E-state index contributed by atoms with van der Waals surface area (Å²) >= 11 is 5.14. The van der Waals surface area contributed by atoms with E-state index in [0.29, 0.717) is 0 Å². The van der Waals surface area contributed by atoms with E-state index in [2.05, 4.69) is 46.0 Å². The number of rotatable bonds is 3. The standard InChI is InChI=1S/C15H15BrN2S/c1-4-11(8-17)14-10(3)18-15(19-14)13-7-12(16)6-5-9(13)2/h5-7,11H,4H2,1-3H3. The normalized spacial score (nSPS) is 12.2. The largest absolute Gasteiger partial charge is 0.241 e. The lowest BCUT2D eigenvalue weighted by Gasteiger charge is -2.03. The minimum atomic E-state index is -0.0429. The van der Waals surface area contributed by atoms with Gasteiger partial charge in [0, 0.05) is 14.9 Å². The number of nitrogens with zero attached hydrogens (tertiary/aromatic N) is 2. The number of halogens is 1. The molecule has 0 aliphatic rings. The summed E-state index contributed by atoms with van der Waals surface area (Å²) in [5, 5.41) is 10.2. The van der Waals surface area contributed by atoms with Gasteiger partial charge < -0.3 is 0 Å². The van der Waals surface area contributed by atoms with Crippen molar-refractivity contribution < 1.29 is 0 Å². The van der Waals surface area contributed by atoms with Crippen molar-refractivity contribution in [2.45, 2.75) is 33.1 Å². The van der Waals surface area contributed by atoms with Crippen LogP contribution < -0.4 is 0 Å². The molecular formula is C15H15BrN2S. The van der Waals surface area contributed by atoms with Gasteiger partial charge in [0.25, 0.3) is 0 Å². The van der Waals surface area contributed by atoms with Crippen molar-refractivity contribution in [3.8, 4) is 16.6 Å². The van der Waals surface area contributed by atoms with Crippen LogP contribution in [0.25, 0.3) is 10.6 Å². The van der Waals surface area contributed by atoms with E-state index in [9.17, 15) is 5.26 Å². The molecule has 0 spiro atoms. The number of aromatic nitrogens is 1. The van der Waals surface area contributed by atoms with Gasteiger partial charge in [-0.2, -0.15) is 5.26 Å². The van der Waals surface area contributed by atoms with Gasteiger partial charge in [-0.3, -0.25) is 0 Å². The molecule has 0 aliphatic heterocycles. The first-order valence-electron chi connectivity index (χ1n) is 6.20. The number of hydrogen-bond acceptors (Lipinski definition) is 3. The van der Waals surface area contributed by atoms with E-state index >= 15 is 0 Å². The maximum absolute atomic E-state index is 9.20. The second-order valence-corrected chi connectivity index (χ2v) is 6.46. The predicted molar refractivity (Wildman–Crippen MR) is 83.4 cm³/mol. The average Bonchev–Trinajstić information content (AvgIpc) is 2.76. The molecule has 19 heavy (non-hydrogen) atoms. The van der Waals surface area contributed by atoms with E-state index in [4.69, 9.17) is 0 Å². The first kappa shape index (κ1) is 14.2. The van der Waals surface area contributed by atoms with Crippen LogP contribution in [0, 0.1) is 25.2 Å². The minimum absolute atomic E-state index is 0.0429. The Labute approximate surface area is 126 Å². The highest BCUT2D eigenvalue weighted by Crippen LogP contribution is 2.36. The maximum atomic E-state index is 9.20. The Morgan fingerprint density at radius 3 is 2.79 bits per heavy atom. The smallest absolute Gasteiger partial charge is 0.124 e. The summed E-state index contributed by atoms with van der Waals surface area (Å²) in [5.74, 6) is -0.0429. The summed E-state index contributed by atoms with van der Waals surface area (Å²) in [4.78, 5) is 5.74. The molecule has 0 saturated carbocycles. The van der Waals surface area contributed by atoms with Crippen LogP contribution in [0.2, 0.25) is 0 Å². The van der Waals surface area contributed by atoms with E-state index < -0.39 is 0 Å². The Balaban J connectivity index is 2.51. The quantitative estimate of drug-likeness (QED) is 0.772. The molecule has 1 aromatic heterocycles. The lowest BCUT2D eigenvalue weighted by atomic mass is 10.1. The van der Waals surface area contributed by atoms with Gasteiger partial charge in [0.15, 0.2) is 0 Å². The molecule has 1 atom stereocenters. The van der Waals surface area contributed by atoms with E-state index in [0.717, 1.165) is 32.0 Å². The molecule has 0 amide bonds. The summed E-state index contributed by atoms with van der Waals surface area (Å²) in [6, 6.07) is 8.56. The summed E-state index contributed by atoms with van der Waals surface area (Å²) in [6.45, 7) is 6.11. The fourth-order valence-electron chi connectivity index (χ4n) is 2.01. The van der Waals surface area contributed by atoms with Crippen LogP contribution in [0.5, 0.6) is 0 Å². The first-order chi connectivity index (χ1) is 9.06. The Morgan fingerprint density at radius 2 is 2.16 bits per heavy atom. The molecule has 2 rings (SSSR count). The molecule has 0 bridgehead atoms. The molecule has 4 heteroatoms. The van der Waals surface area contributed by atoms with Crippen LogP contribution in [0.3, 0.4) is 0 Å². The van der Waals surface area contributed by atoms with Crippen molar-refractivity contribution in [1.82, 2.24) is 4.98 Å². The molecule has 0 N–H and O–H groups in total. The first-order valence-corrected chi connectivity index (χ1v) is 7.81. The van der Waals surface area contributed by atoms with Gasteiger partial charge in [0.1, 0.15) is 5.01 Å². The monoisotopic (exact) mass is 334 g/mol. The van der Waals surface area contributed by atoms with Crippen molar-refractivity contribution in [2.75, 3.05) is 0 Å². The fraction of sp³-hybridized carbons (Fsp3) is 0.333. The van der Waals surface area contributed by atoms with E-state index in [-0.39, 0.29) is 5.92 Å². The topological polar surface area (TPSA) is 36.7 Å². The number of hydrogen-bond donors (Lipinski definition) is 0. The Bertz CT molecular complexity index is 640. The predicted octanol–water partition coefficient (Wildman–Crippen LogP) is 5.21. The van der Waals surface area contributed by atoms with Crippen LogP contribution >= 0.6 is 27.3 Å². The van der Waals surface area contributed by atoms with Crippen LogP contribution in [-0.4, -0.2) is 4.98 Å². The molecular weight excluding hydrogens is 320 g/mol. The van der Waals surface area contributed by atoms with Gasteiger partial charge >= 0.3 is 0 Å². The highest BCUT2D eigenvalue weighted by Gasteiger charge is 2.18. The molecule has 0 radical (unpaired) electrons. The number of aryl methyl sites for hydroxylation is 2. The molecule has 2 nitrogen and oxygen atoms in total. The average molecular weight is 335 g/mol. The highest BCUT2D eigenvalue weighted by atomic mass is 79.9. The van der Waals surface area contributed by atoms with Gasteiger partial charge in [-0.1, -0.05) is 28.9 Å². The van der Waals surface area contributed by atoms with Gasteiger partial charge in [-0.15, -0.1) is 11.3 Å². The van der Waals surface area contributed by atoms with E-state index in [1.165, 1.54) is 5.56 Å². The minimum Gasteiger partial charge on any atom is -0.241 e. The third-order valence-electron chi connectivity index (χ3n) is 3.14. The molecule has 0 fully saturated rings. The number of benzene rings is 1. The molecule has 2 aromatic rings. The Kier molecular flexibility index (Phi) is 4.38. The van der Waals surface area contributed by atoms with Gasteiger partial charge in [0.05, 0.1) is 17.7 Å². The van der Waals surface area contributed by atoms with E-state index in [1.54, 1.807) is 11.3 Å². The maximum Gasteiger partial charge on any atom is 0.124 e. The summed E-state index contributed by atoms with van der Waals surface area (Å²) in [7, 11) is 0. The third-order valence-corrected chi connectivity index (χ3v) is 4.94. The zero-order chi connectivity index (χ0) is 14.0. The lowest BCUT2D eigenvalue weighted by molar-refractivity contribution is 0.824. The van der Waals surface area contributed by atoms with E-state index in [1.807, 2.05) is 19.9 Å². The van der Waals surface area contributed by atoms with Crippen molar-refractivity contribution in [2.24, 2.45) is 0 Å². The Morgan fingerprint density at radius 1 is 1.42 bits per heavy atom. The zero-order valence-electron chi connectivity index (χ0n) is 11.2. The number of thiazole rings is 1. The SMILES string of the molecule is CCC(C#N)c1sc(-c2cc(Br)ccc2C)nc1C. The van der Waals surface area contributed by atoms with Crippen molar-refractivity contribution in [3.63, 3.8) is 0 Å². The van der Waals surface area contributed by atoms with Gasteiger partial charge in [0.2, 0.25) is 0 Å². The molecule has 98 valence electrons. The zero-order valence-corrected chi connectivity index (χ0v) is 13.6. The highest BCUT2D eigenvalue weighted by molar-refractivity contribution is 9.10. The fourth-order valence-corrected chi connectivity index (χ4v) is 3.64. The van der Waals surface area contributed by atoms with Crippen molar-refractivity contribution in [1.29, 1.82) is 5.26 Å². The second-order valence-electron chi connectivity index (χ2n) is 4.52. The second kappa shape index (κ2) is 5.85. The molecule has 1 heterocycles. The Hall–Kier alpha value is -1.18. The summed E-state index contributed by atoms with van der Waals surface area (Å²) in [5.41, 5.74) is 3.32. The van der Waals surface area contributed by atoms with Gasteiger partial charge in [-0.25, -0.2) is 4.98 Å². The lowest BCUT2D eigenvalue weighted by Crippen LogP contribution is -1.92. The molecule has 0 saturated heterocycles. The van der Waals surface area contributed by atoms with Crippen molar-refractivity contribution >= 4 is 27.3 Å². The number of nitriles is 1. The van der Waals surface area contributed by atoms with Crippen LogP contribution in [0.15, 0.2) is 22.7 Å². The van der Waals surface area contributed by atoms with Crippen LogP contribution in [0.1, 0.15) is 35.4 Å². The van der Waals surface area contributed by atoms with Crippen LogP contribution in [-0.2, 0) is 0 Å². The molecule has 1 unspecified atom stereocenters. The molecule has 1 aromatic carbocycles. The summed E-state index contributed by atoms with van der Waals surface area (Å²) < 4.78 is 1.05. The van der Waals surface area contributed by atoms with Gasteiger partial charge in [-0.05, 0) is 38.0 Å². The van der Waals surface area contributed by atoms with Crippen LogP contribution in [0.4, 0.5) is 0 Å².